The molecule has 0 saturated carbocycles. The van der Waals surface area contributed by atoms with Crippen LogP contribution in [0.1, 0.15) is 48.6 Å². The zero-order valence-electron chi connectivity index (χ0n) is 81.0. The van der Waals surface area contributed by atoms with Crippen molar-refractivity contribution in [2.24, 2.45) is 0 Å². The second-order valence-electron chi connectivity index (χ2n) is 33.0. The Morgan fingerprint density at radius 2 is 0.979 bits per heavy atom. The summed E-state index contributed by atoms with van der Waals surface area (Å²) in [6.07, 6.45) is 17.3. The Morgan fingerprint density at radius 3 is 1.57 bits per heavy atom. The van der Waals surface area contributed by atoms with Gasteiger partial charge in [0.05, 0.1) is 108 Å². The molecular weight excluding hydrogens is 1880 g/mol. The van der Waals surface area contributed by atoms with E-state index >= 15 is 0 Å². The molecule has 21 aromatic rings. The number of rotatable bonds is 32. The number of amides is 2. The number of hydrogen-bond acceptors (Lipinski definition) is 32. The molecule has 37 nitrogen and oxygen atoms in total. The van der Waals surface area contributed by atoms with E-state index in [4.69, 9.17) is 49.1 Å². The first kappa shape index (κ1) is 99.1. The van der Waals surface area contributed by atoms with Crippen molar-refractivity contribution in [2.45, 2.75) is 67.8 Å². The van der Waals surface area contributed by atoms with Gasteiger partial charge in [-0.3, -0.25) is 36.7 Å². The molecule has 0 radical (unpaired) electrons. The second kappa shape index (κ2) is 48.1. The molecule has 146 heavy (non-hydrogen) atoms. The summed E-state index contributed by atoms with van der Waals surface area (Å²) in [5, 5.41) is 46.0. The number of fused-ring (bicyclic) bond motifs is 6. The van der Waals surface area contributed by atoms with Gasteiger partial charge < -0.3 is 44.7 Å². The Balaban J connectivity index is 0.000000125. The Bertz CT molecular complexity index is 7890. The fourth-order valence-corrected chi connectivity index (χ4v) is 16.3. The molecule has 0 aliphatic heterocycles. The molecule has 0 unspecified atom stereocenters. The van der Waals surface area contributed by atoms with Crippen molar-refractivity contribution in [3.63, 3.8) is 0 Å². The molecule has 0 saturated heterocycles. The normalized spacial score (nSPS) is 10.9. The maximum Gasteiger partial charge on any atom is 0.324 e. The number of likely N-dealkylation sites (N-methyl/N-ethyl adjacent to an activating group) is 2. The van der Waals surface area contributed by atoms with Crippen LogP contribution in [0.4, 0.5) is 58.0 Å². The van der Waals surface area contributed by atoms with Crippen molar-refractivity contribution in [1.29, 1.82) is 5.26 Å². The van der Waals surface area contributed by atoms with Gasteiger partial charge in [-0.1, -0.05) is 103 Å². The van der Waals surface area contributed by atoms with Gasteiger partial charge in [0.25, 0.3) is 0 Å². The van der Waals surface area contributed by atoms with E-state index in [1.165, 1.54) is 42.9 Å². The highest BCUT2D eigenvalue weighted by molar-refractivity contribution is 7.99. The van der Waals surface area contributed by atoms with Gasteiger partial charge in [0.2, 0.25) is 23.7 Å². The van der Waals surface area contributed by atoms with E-state index in [9.17, 15) is 9.59 Å². The summed E-state index contributed by atoms with van der Waals surface area (Å²) >= 11 is 2.93. The Kier molecular flexibility index (Phi) is 32.6. The summed E-state index contributed by atoms with van der Waals surface area (Å²) in [5.41, 5.74) is 28.4. The van der Waals surface area contributed by atoms with Gasteiger partial charge in [0.15, 0.2) is 39.4 Å². The topological polar surface area (TPSA) is 416 Å². The highest BCUT2D eigenvalue weighted by atomic mass is 32.2. The van der Waals surface area contributed by atoms with Crippen molar-refractivity contribution >= 4 is 159 Å². The number of anilines is 10. The molecule has 0 fully saturated rings. The average Bonchev–Trinajstić information content (AvgIpc) is 1.44. The number of methoxy groups -OCH3 is 2. The molecule has 8 N–H and O–H groups in total. The summed E-state index contributed by atoms with van der Waals surface area (Å²) in [7, 11) is 7.33. The lowest BCUT2D eigenvalue weighted by atomic mass is 10.1. The van der Waals surface area contributed by atoms with Gasteiger partial charge in [-0.25, -0.2) is 29.9 Å². The van der Waals surface area contributed by atoms with Gasteiger partial charge >= 0.3 is 6.01 Å². The zero-order chi connectivity index (χ0) is 101. The SMILES string of the molecule is CC(=O)Nc1ccc(Oc2nc(Nn3cc(C)cn3)c3ccccc3n2)cc1.CC(=O)Nc1ccc(Sc2nc(Nn3cc(C)cn3)c3ccccc3n2)cc1.CCN(CCc1ccccc1)c1nc(Nn2cccn2)c2ccccc2n1.CN(C)CCOc1ccc2c(Nn3ncc4ccccc43)nc(Nc3ccc(C#N)cc3)nc2c1.COCc1cnn(Nc2nc(Sc3cccc(OC)c3)nc3ccccc23)c1. The fourth-order valence-electron chi connectivity index (χ4n) is 14.7. The number of nitrogens with zero attached hydrogens (tertiary/aromatic N) is 23. The first-order valence-corrected chi connectivity index (χ1v) is 47.9. The Labute approximate surface area is 847 Å². The lowest BCUT2D eigenvalue weighted by Crippen LogP contribution is -2.28. The molecule has 11 aromatic carbocycles. The smallest absolute Gasteiger partial charge is 0.324 e. The number of nitrogens with one attached hydrogen (secondary N) is 8. The molecule has 732 valence electrons. The largest absolute Gasteiger partial charge is 0.497 e. The van der Waals surface area contributed by atoms with Gasteiger partial charge in [-0.15, -0.1) is 0 Å². The van der Waals surface area contributed by atoms with Crippen molar-refractivity contribution in [3.05, 3.63) is 357 Å². The first-order valence-electron chi connectivity index (χ1n) is 46.3. The van der Waals surface area contributed by atoms with Gasteiger partial charge in [0.1, 0.15) is 23.9 Å². The van der Waals surface area contributed by atoms with Crippen molar-refractivity contribution < 1.29 is 28.5 Å². The number of hydrogen-bond donors (Lipinski definition) is 8. The van der Waals surface area contributed by atoms with Crippen LogP contribution in [0.5, 0.6) is 23.3 Å². The minimum Gasteiger partial charge on any atom is -0.497 e. The monoisotopic (exact) mass is 1980 g/mol. The van der Waals surface area contributed by atoms with Crippen LogP contribution in [0.25, 0.3) is 65.4 Å². The van der Waals surface area contributed by atoms with Crippen LogP contribution in [-0.2, 0) is 27.4 Å². The number of aryl methyl sites for hydroxylation is 2. The minimum absolute atomic E-state index is 0.0946. The van der Waals surface area contributed by atoms with E-state index in [0.29, 0.717) is 69.7 Å². The summed E-state index contributed by atoms with van der Waals surface area (Å²) in [5.74, 6) is 6.30. The molecule has 0 spiro atoms. The van der Waals surface area contributed by atoms with E-state index in [1.807, 2.05) is 265 Å². The first-order chi connectivity index (χ1) is 71.3. The van der Waals surface area contributed by atoms with Crippen molar-refractivity contribution in [1.82, 2.24) is 104 Å². The molecule has 0 aliphatic rings. The molecule has 0 aliphatic carbocycles. The van der Waals surface area contributed by atoms with Crippen LogP contribution in [0.3, 0.4) is 0 Å². The van der Waals surface area contributed by atoms with E-state index in [0.717, 1.165) is 153 Å². The zero-order valence-corrected chi connectivity index (χ0v) is 82.6. The van der Waals surface area contributed by atoms with Gasteiger partial charge in [-0.05, 0) is 245 Å². The average molecular weight is 1980 g/mol. The second-order valence-corrected chi connectivity index (χ2v) is 35.1. The number of benzene rings is 11. The summed E-state index contributed by atoms with van der Waals surface area (Å²) in [4.78, 5) is 83.5. The predicted octanol–water partition coefficient (Wildman–Crippen LogP) is 20.1. The quantitative estimate of drug-likeness (QED) is 0.0182. The third-order valence-electron chi connectivity index (χ3n) is 21.7. The molecular formula is C107H101N31O6S2. The van der Waals surface area contributed by atoms with E-state index < -0.39 is 0 Å². The predicted molar refractivity (Wildman–Crippen MR) is 571 cm³/mol. The molecule has 21 rings (SSSR count). The number of aromatic nitrogens is 20. The fraction of sp³-hybridized carbons (Fsp3) is 0.140. The number of ether oxygens (including phenoxy) is 4. The molecule has 10 heterocycles. The Hall–Kier alpha value is -18.5. The lowest BCUT2D eigenvalue weighted by Gasteiger charge is -2.22. The molecule has 39 heteroatoms. The maximum atomic E-state index is 11.2. The summed E-state index contributed by atoms with van der Waals surface area (Å²) in [6.45, 7) is 12.6. The molecule has 10 aromatic heterocycles. The highest BCUT2D eigenvalue weighted by Crippen LogP contribution is 2.36. The van der Waals surface area contributed by atoms with Crippen LogP contribution >= 0.6 is 23.5 Å². The lowest BCUT2D eigenvalue weighted by molar-refractivity contribution is -0.115. The number of carbonyl (C=O) groups is 2. The third-order valence-corrected chi connectivity index (χ3v) is 23.5. The van der Waals surface area contributed by atoms with Crippen LogP contribution in [-0.4, -0.2) is 171 Å². The highest BCUT2D eigenvalue weighted by Gasteiger charge is 2.20. The van der Waals surface area contributed by atoms with Crippen molar-refractivity contribution in [2.75, 3.05) is 103 Å². The van der Waals surface area contributed by atoms with Crippen LogP contribution < -0.4 is 62.2 Å². The minimum atomic E-state index is -0.129. The Morgan fingerprint density at radius 1 is 0.438 bits per heavy atom. The third kappa shape index (κ3) is 27.0. The van der Waals surface area contributed by atoms with E-state index in [1.54, 1.807) is 106 Å². The molecule has 0 atom stereocenters. The maximum absolute atomic E-state index is 11.2. The molecule has 0 bridgehead atoms. The van der Waals surface area contributed by atoms with Crippen LogP contribution in [0.15, 0.2) is 349 Å². The number of carbonyl (C=O) groups excluding carboxylic acids is 2. The standard InChI is InChI=1S/C26H24N8O.C21H22N6.C20H18N6O2.C20H18N6OS.C20H19N5O2S/c1-33(2)13-14-35-21-11-12-22-23(15-21)30-26(29-20-9-7-18(16-27)8-10-20)31-25(22)32-34-24-6-4-3-5-19(24)17-28-34;1-2-26(16-13-17-9-4-3-5-10-17)21-23-19-12-7-6-11-18(19)20(24-21)25-27-15-8-14-22-27;2*1-13-11-21-26(12-13)25-19-17-5-3-4-6-18(17)23-20(24-19)28-16-9-7-15(8-10-16)22-14(2)27;1-26-13-14-11-21-25(12-14)24-19-17-8-3-4-9-18(17)22-20(23-19)28-16-7-5-6-15(10-16)27-2/h3-12,15,17H,13-14H2,1-2H3,(H2,29,30,31,32);3-12,14-15H,2,13,16H2,1H3,(H,23,24,25);2*3-12H,1-2H3,(H,22,27)(H,23,24,25);3-12H,13H2,1-2H3,(H,22,23,24). The van der Waals surface area contributed by atoms with Gasteiger partial charge in [0, 0.05) is 118 Å². The number of para-hydroxylation sites is 5. The number of nitriles is 1. The summed E-state index contributed by atoms with van der Waals surface area (Å²) in [6, 6.07) is 89.3. The summed E-state index contributed by atoms with van der Waals surface area (Å²) < 4.78 is 22.2. The van der Waals surface area contributed by atoms with Crippen LogP contribution in [0.2, 0.25) is 0 Å². The van der Waals surface area contributed by atoms with Gasteiger partial charge in [-0.2, -0.15) is 74.6 Å². The van der Waals surface area contributed by atoms with E-state index in [-0.39, 0.29) is 17.8 Å². The van der Waals surface area contributed by atoms with E-state index in [2.05, 4.69) is 141 Å². The molecule has 2 amide bonds. The van der Waals surface area contributed by atoms with Crippen LogP contribution in [0, 0.1) is 25.2 Å². The van der Waals surface area contributed by atoms with Crippen molar-refractivity contribution in [3.8, 4) is 29.3 Å².